The predicted molar refractivity (Wildman–Crippen MR) is 63.2 cm³/mol. The minimum absolute atomic E-state index is 0.0178. The van der Waals surface area contributed by atoms with E-state index in [2.05, 4.69) is 11.8 Å². The smallest absolute Gasteiger partial charge is 0.250 e. The number of rotatable bonds is 2. The molecule has 3 unspecified atom stereocenters. The third kappa shape index (κ3) is 3.16. The van der Waals surface area contributed by atoms with Gasteiger partial charge in [0, 0.05) is 32.0 Å². The highest BCUT2D eigenvalue weighted by atomic mass is 19.3. The maximum Gasteiger partial charge on any atom is 0.250 e. The monoisotopic (exact) mass is 247 g/mol. The Morgan fingerprint density at radius 1 is 1.24 bits per heavy atom. The van der Waals surface area contributed by atoms with Crippen LogP contribution in [0.5, 0.6) is 0 Å². The summed E-state index contributed by atoms with van der Waals surface area (Å²) in [6.45, 7) is 3.13. The van der Waals surface area contributed by atoms with E-state index in [4.69, 9.17) is 0 Å². The van der Waals surface area contributed by atoms with Gasteiger partial charge in [0.25, 0.3) is 5.92 Å². The lowest BCUT2D eigenvalue weighted by Gasteiger charge is -2.44. The van der Waals surface area contributed by atoms with Gasteiger partial charge in [0.15, 0.2) is 0 Å². The molecule has 1 aliphatic heterocycles. The van der Waals surface area contributed by atoms with Gasteiger partial charge < -0.3 is 5.11 Å². The van der Waals surface area contributed by atoms with E-state index in [1.54, 1.807) is 0 Å². The van der Waals surface area contributed by atoms with Crippen molar-refractivity contribution in [1.82, 2.24) is 4.90 Å². The zero-order chi connectivity index (χ0) is 12.5. The summed E-state index contributed by atoms with van der Waals surface area (Å²) in [6.07, 6.45) is 3.50. The van der Waals surface area contributed by atoms with Gasteiger partial charge in [-0.2, -0.15) is 0 Å². The van der Waals surface area contributed by atoms with Crippen molar-refractivity contribution in [3.05, 3.63) is 0 Å². The number of halogens is 2. The second kappa shape index (κ2) is 5.19. The van der Waals surface area contributed by atoms with Gasteiger partial charge in [0.05, 0.1) is 6.10 Å². The third-order valence-corrected chi connectivity index (χ3v) is 4.45. The van der Waals surface area contributed by atoms with Crippen LogP contribution >= 0.6 is 0 Å². The Balaban J connectivity index is 1.95. The Kier molecular flexibility index (Phi) is 4.03. The second-order valence-electron chi connectivity index (χ2n) is 5.59. The summed E-state index contributed by atoms with van der Waals surface area (Å²) in [5, 5.41) is 9.75. The van der Waals surface area contributed by atoms with Gasteiger partial charge in [-0.3, -0.25) is 4.90 Å². The molecule has 0 aromatic rings. The van der Waals surface area contributed by atoms with Gasteiger partial charge in [-0.25, -0.2) is 8.78 Å². The zero-order valence-electron chi connectivity index (χ0n) is 10.5. The summed E-state index contributed by atoms with van der Waals surface area (Å²) in [6, 6.07) is 0.319. The molecule has 0 amide bonds. The van der Waals surface area contributed by atoms with E-state index >= 15 is 0 Å². The number of likely N-dealkylation sites (tertiary alicyclic amines) is 1. The van der Waals surface area contributed by atoms with Gasteiger partial charge >= 0.3 is 0 Å². The topological polar surface area (TPSA) is 23.5 Å². The Morgan fingerprint density at radius 3 is 2.47 bits per heavy atom. The highest BCUT2D eigenvalue weighted by molar-refractivity contribution is 4.89. The molecule has 2 rings (SSSR count). The number of alkyl halides is 2. The molecule has 1 saturated carbocycles. The van der Waals surface area contributed by atoms with Crippen LogP contribution in [0.2, 0.25) is 0 Å². The van der Waals surface area contributed by atoms with Crippen LogP contribution in [0.3, 0.4) is 0 Å². The summed E-state index contributed by atoms with van der Waals surface area (Å²) < 4.78 is 26.2. The lowest BCUT2D eigenvalue weighted by Crippen LogP contribution is -2.50. The molecule has 4 heteroatoms. The van der Waals surface area contributed by atoms with Crippen molar-refractivity contribution in [3.8, 4) is 0 Å². The van der Waals surface area contributed by atoms with Crippen LogP contribution in [-0.4, -0.2) is 41.2 Å². The molecule has 100 valence electrons. The number of aliphatic hydroxyl groups excluding tert-OH is 1. The second-order valence-corrected chi connectivity index (χ2v) is 5.59. The number of hydrogen-bond acceptors (Lipinski definition) is 2. The largest absolute Gasteiger partial charge is 0.393 e. The first-order chi connectivity index (χ1) is 8.02. The van der Waals surface area contributed by atoms with Crippen LogP contribution in [0.15, 0.2) is 0 Å². The molecule has 0 aromatic carbocycles. The molecule has 0 radical (unpaired) electrons. The molecular formula is C13H23F2NO. The summed E-state index contributed by atoms with van der Waals surface area (Å²) in [7, 11) is 0. The standard InChI is InChI=1S/C13H23F2NO/c1-2-10-3-4-11(17)9-12(10)16-7-5-13(14,15)6-8-16/h10-12,17H,2-9H2,1H3. The first-order valence-electron chi connectivity index (χ1n) is 6.82. The molecular weight excluding hydrogens is 224 g/mol. The van der Waals surface area contributed by atoms with E-state index in [1.165, 1.54) is 0 Å². The van der Waals surface area contributed by atoms with Crippen LogP contribution in [-0.2, 0) is 0 Å². The predicted octanol–water partition coefficient (Wildman–Crippen LogP) is 2.66. The minimum atomic E-state index is -2.47. The first-order valence-corrected chi connectivity index (χ1v) is 6.82. The van der Waals surface area contributed by atoms with Crippen LogP contribution in [0.25, 0.3) is 0 Å². The van der Waals surface area contributed by atoms with Crippen molar-refractivity contribution in [2.75, 3.05) is 13.1 Å². The van der Waals surface area contributed by atoms with Crippen molar-refractivity contribution in [1.29, 1.82) is 0 Å². The fourth-order valence-corrected chi connectivity index (χ4v) is 3.29. The number of hydrogen-bond donors (Lipinski definition) is 1. The van der Waals surface area contributed by atoms with E-state index < -0.39 is 5.92 Å². The highest BCUT2D eigenvalue weighted by Gasteiger charge is 2.39. The lowest BCUT2D eigenvalue weighted by atomic mass is 9.80. The van der Waals surface area contributed by atoms with E-state index in [9.17, 15) is 13.9 Å². The molecule has 1 aliphatic carbocycles. The van der Waals surface area contributed by atoms with E-state index in [0.29, 0.717) is 25.0 Å². The SMILES string of the molecule is CCC1CCC(O)CC1N1CCC(F)(F)CC1. The Morgan fingerprint density at radius 2 is 1.88 bits per heavy atom. The molecule has 17 heavy (non-hydrogen) atoms. The number of aliphatic hydroxyl groups is 1. The molecule has 1 N–H and O–H groups in total. The Hall–Kier alpha value is -0.220. The molecule has 2 fully saturated rings. The molecule has 0 spiro atoms. The molecule has 1 saturated heterocycles. The number of piperidine rings is 1. The zero-order valence-corrected chi connectivity index (χ0v) is 10.5. The maximum atomic E-state index is 13.1. The van der Waals surface area contributed by atoms with Crippen LogP contribution in [0.1, 0.15) is 45.4 Å². The van der Waals surface area contributed by atoms with Crippen molar-refractivity contribution in [2.24, 2.45) is 5.92 Å². The van der Waals surface area contributed by atoms with E-state index in [-0.39, 0.29) is 18.9 Å². The Labute approximate surface area is 102 Å². The molecule has 1 heterocycles. The lowest BCUT2D eigenvalue weighted by molar-refractivity contribution is -0.0779. The molecule has 2 aliphatic rings. The highest BCUT2D eigenvalue weighted by Crippen LogP contribution is 2.35. The van der Waals surface area contributed by atoms with Gasteiger partial charge in [-0.15, -0.1) is 0 Å². The van der Waals surface area contributed by atoms with E-state index in [0.717, 1.165) is 25.7 Å². The van der Waals surface area contributed by atoms with Gasteiger partial charge in [0.2, 0.25) is 0 Å². The van der Waals surface area contributed by atoms with Gasteiger partial charge in [-0.05, 0) is 25.2 Å². The molecule has 0 bridgehead atoms. The Bertz CT molecular complexity index is 250. The molecule has 2 nitrogen and oxygen atoms in total. The van der Waals surface area contributed by atoms with Crippen molar-refractivity contribution < 1.29 is 13.9 Å². The van der Waals surface area contributed by atoms with Crippen molar-refractivity contribution in [3.63, 3.8) is 0 Å². The fraction of sp³-hybridized carbons (Fsp3) is 1.00. The summed E-state index contributed by atoms with van der Waals surface area (Å²) in [4.78, 5) is 2.19. The minimum Gasteiger partial charge on any atom is -0.393 e. The number of nitrogens with zero attached hydrogens (tertiary/aromatic N) is 1. The normalized spacial score (nSPS) is 39.2. The van der Waals surface area contributed by atoms with Crippen LogP contribution < -0.4 is 0 Å². The first kappa shape index (κ1) is 13.2. The summed E-state index contributed by atoms with van der Waals surface area (Å²) in [5.41, 5.74) is 0. The quantitative estimate of drug-likeness (QED) is 0.811. The van der Waals surface area contributed by atoms with Gasteiger partial charge in [-0.1, -0.05) is 13.3 Å². The van der Waals surface area contributed by atoms with Crippen LogP contribution in [0, 0.1) is 5.92 Å². The van der Waals surface area contributed by atoms with Crippen molar-refractivity contribution in [2.45, 2.75) is 63.5 Å². The summed E-state index contributed by atoms with van der Waals surface area (Å²) in [5.74, 6) is -1.89. The average molecular weight is 247 g/mol. The fourth-order valence-electron chi connectivity index (χ4n) is 3.29. The summed E-state index contributed by atoms with van der Waals surface area (Å²) >= 11 is 0. The third-order valence-electron chi connectivity index (χ3n) is 4.45. The molecule has 0 aromatic heterocycles. The molecule has 3 atom stereocenters. The van der Waals surface area contributed by atoms with Crippen LogP contribution in [0.4, 0.5) is 8.78 Å². The van der Waals surface area contributed by atoms with E-state index in [1.807, 2.05) is 0 Å². The van der Waals surface area contributed by atoms with Crippen molar-refractivity contribution >= 4 is 0 Å². The van der Waals surface area contributed by atoms with Gasteiger partial charge in [0.1, 0.15) is 0 Å². The average Bonchev–Trinajstić information content (AvgIpc) is 2.29. The maximum absolute atomic E-state index is 13.1.